The second-order valence-electron chi connectivity index (χ2n) is 5.23. The van der Waals surface area contributed by atoms with E-state index in [1.807, 2.05) is 43.3 Å². The van der Waals surface area contributed by atoms with Crippen LogP contribution in [0.1, 0.15) is 21.7 Å². The molecule has 5 nitrogen and oxygen atoms in total. The summed E-state index contributed by atoms with van der Waals surface area (Å²) in [5.74, 6) is -0.722. The molecule has 1 aromatic heterocycles. The van der Waals surface area contributed by atoms with Gasteiger partial charge in [-0.05, 0) is 24.6 Å². The van der Waals surface area contributed by atoms with Crippen molar-refractivity contribution in [1.29, 1.82) is 0 Å². The fraction of sp³-hybridized carbons (Fsp3) is 0.294. The van der Waals surface area contributed by atoms with Gasteiger partial charge in [0, 0.05) is 26.3 Å². The monoisotopic (exact) mass is 300 g/mol. The van der Waals surface area contributed by atoms with E-state index in [-0.39, 0.29) is 12.5 Å². The van der Waals surface area contributed by atoms with E-state index in [1.54, 1.807) is 29.6 Å². The molecular weight excluding hydrogens is 280 g/mol. The van der Waals surface area contributed by atoms with Crippen molar-refractivity contribution < 1.29 is 14.3 Å². The Morgan fingerprint density at radius 2 is 1.82 bits per heavy atom. The van der Waals surface area contributed by atoms with Crippen LogP contribution >= 0.6 is 0 Å². The van der Waals surface area contributed by atoms with E-state index in [2.05, 4.69) is 0 Å². The quantitative estimate of drug-likeness (QED) is 0.795. The molecule has 1 aromatic carbocycles. The number of aryl methyl sites for hydroxylation is 1. The molecule has 0 fully saturated rings. The summed E-state index contributed by atoms with van der Waals surface area (Å²) in [5, 5.41) is 0. The maximum absolute atomic E-state index is 12.0. The predicted molar refractivity (Wildman–Crippen MR) is 83.3 cm³/mol. The van der Waals surface area contributed by atoms with Gasteiger partial charge in [0.15, 0.2) is 6.61 Å². The molecule has 0 aliphatic heterocycles. The Labute approximate surface area is 130 Å². The molecule has 116 valence electrons. The lowest BCUT2D eigenvalue weighted by Gasteiger charge is -2.17. The number of amides is 1. The molecule has 0 aliphatic carbocycles. The van der Waals surface area contributed by atoms with Crippen molar-refractivity contribution in [1.82, 2.24) is 9.47 Å². The van der Waals surface area contributed by atoms with Gasteiger partial charge < -0.3 is 14.2 Å². The van der Waals surface area contributed by atoms with Crippen molar-refractivity contribution in [3.8, 4) is 0 Å². The third-order valence-electron chi connectivity index (χ3n) is 3.60. The molecule has 0 aliphatic rings. The molecule has 0 saturated carbocycles. The number of rotatable bonds is 5. The number of esters is 1. The summed E-state index contributed by atoms with van der Waals surface area (Å²) in [6.07, 6.45) is 0. The second-order valence-corrected chi connectivity index (χ2v) is 5.23. The molecule has 0 N–H and O–H groups in total. The highest BCUT2D eigenvalue weighted by Crippen LogP contribution is 2.08. The smallest absolute Gasteiger partial charge is 0.355 e. The second kappa shape index (κ2) is 6.93. The van der Waals surface area contributed by atoms with Crippen LogP contribution in [0.3, 0.4) is 0 Å². The Kier molecular flexibility index (Phi) is 4.99. The van der Waals surface area contributed by atoms with Crippen LogP contribution in [0.25, 0.3) is 0 Å². The number of carbonyl (C=O) groups excluding carboxylic acids is 2. The molecule has 2 rings (SSSR count). The standard InChI is InChI=1S/C17H20N2O3/c1-13-9-10-15(19(13)3)17(21)22-12-16(20)18(2)11-14-7-5-4-6-8-14/h4-10H,11-12H2,1-3H3. The molecule has 2 aromatic rings. The van der Waals surface area contributed by atoms with Gasteiger partial charge >= 0.3 is 5.97 Å². The lowest BCUT2D eigenvalue weighted by atomic mass is 10.2. The van der Waals surface area contributed by atoms with Crippen molar-refractivity contribution in [2.75, 3.05) is 13.7 Å². The highest BCUT2D eigenvalue weighted by molar-refractivity contribution is 5.90. The molecule has 22 heavy (non-hydrogen) atoms. The van der Waals surface area contributed by atoms with Crippen LogP contribution < -0.4 is 0 Å². The van der Waals surface area contributed by atoms with Crippen LogP contribution in [0.4, 0.5) is 0 Å². The van der Waals surface area contributed by atoms with Crippen LogP contribution in [0.2, 0.25) is 0 Å². The van der Waals surface area contributed by atoms with Crippen molar-refractivity contribution in [2.45, 2.75) is 13.5 Å². The summed E-state index contributed by atoms with van der Waals surface area (Å²) in [6.45, 7) is 2.13. The fourth-order valence-corrected chi connectivity index (χ4v) is 2.07. The van der Waals surface area contributed by atoms with Gasteiger partial charge in [0.1, 0.15) is 5.69 Å². The van der Waals surface area contributed by atoms with E-state index >= 15 is 0 Å². The zero-order chi connectivity index (χ0) is 16.1. The largest absolute Gasteiger partial charge is 0.451 e. The third-order valence-corrected chi connectivity index (χ3v) is 3.60. The zero-order valence-corrected chi connectivity index (χ0v) is 13.1. The molecule has 1 amide bonds. The van der Waals surface area contributed by atoms with E-state index in [9.17, 15) is 9.59 Å². The zero-order valence-electron chi connectivity index (χ0n) is 13.1. The minimum absolute atomic E-state index is 0.233. The minimum Gasteiger partial charge on any atom is -0.451 e. The highest BCUT2D eigenvalue weighted by atomic mass is 16.5. The van der Waals surface area contributed by atoms with Crippen molar-refractivity contribution in [2.24, 2.45) is 7.05 Å². The van der Waals surface area contributed by atoms with Gasteiger partial charge in [-0.2, -0.15) is 0 Å². The number of aromatic nitrogens is 1. The number of carbonyl (C=O) groups is 2. The average Bonchev–Trinajstić information content (AvgIpc) is 2.85. The number of ether oxygens (including phenoxy) is 1. The number of hydrogen-bond acceptors (Lipinski definition) is 3. The van der Waals surface area contributed by atoms with Gasteiger partial charge in [-0.25, -0.2) is 4.79 Å². The molecule has 0 radical (unpaired) electrons. The number of benzene rings is 1. The maximum Gasteiger partial charge on any atom is 0.355 e. The predicted octanol–water partition coefficient (Wildman–Crippen LogP) is 2.15. The first-order valence-corrected chi connectivity index (χ1v) is 7.06. The van der Waals surface area contributed by atoms with Crippen LogP contribution in [0.5, 0.6) is 0 Å². The molecule has 0 unspecified atom stereocenters. The number of hydrogen-bond donors (Lipinski definition) is 0. The van der Waals surface area contributed by atoms with Gasteiger partial charge in [0.2, 0.25) is 0 Å². The first kappa shape index (κ1) is 15.8. The van der Waals surface area contributed by atoms with Crippen molar-refractivity contribution in [3.05, 3.63) is 59.4 Å². The lowest BCUT2D eigenvalue weighted by molar-refractivity contribution is -0.133. The number of likely N-dealkylation sites (N-methyl/N-ethyl adjacent to an activating group) is 1. The average molecular weight is 300 g/mol. The Balaban J connectivity index is 1.87. The summed E-state index contributed by atoms with van der Waals surface area (Å²) in [4.78, 5) is 25.5. The normalized spacial score (nSPS) is 10.3. The summed E-state index contributed by atoms with van der Waals surface area (Å²) in [7, 11) is 3.48. The summed E-state index contributed by atoms with van der Waals surface area (Å²) < 4.78 is 6.83. The minimum atomic E-state index is -0.489. The van der Waals surface area contributed by atoms with E-state index in [0.29, 0.717) is 12.2 Å². The van der Waals surface area contributed by atoms with Crippen LogP contribution in [-0.2, 0) is 23.1 Å². The maximum atomic E-state index is 12.0. The first-order chi connectivity index (χ1) is 10.5. The summed E-state index contributed by atoms with van der Waals surface area (Å²) >= 11 is 0. The molecule has 1 heterocycles. The van der Waals surface area contributed by atoms with Gasteiger partial charge in [0.25, 0.3) is 5.91 Å². The fourth-order valence-electron chi connectivity index (χ4n) is 2.07. The molecule has 0 saturated heterocycles. The molecular formula is C17H20N2O3. The Morgan fingerprint density at radius 3 is 2.41 bits per heavy atom. The van der Waals surface area contributed by atoms with Gasteiger partial charge in [-0.15, -0.1) is 0 Å². The summed E-state index contributed by atoms with van der Waals surface area (Å²) in [5.41, 5.74) is 2.43. The molecule has 0 spiro atoms. The van der Waals surface area contributed by atoms with Gasteiger partial charge in [-0.3, -0.25) is 4.79 Å². The summed E-state index contributed by atoms with van der Waals surface area (Å²) in [6, 6.07) is 13.2. The third kappa shape index (κ3) is 3.75. The van der Waals surface area contributed by atoms with Gasteiger partial charge in [0.05, 0.1) is 0 Å². The first-order valence-electron chi connectivity index (χ1n) is 7.06. The van der Waals surface area contributed by atoms with Crippen LogP contribution in [-0.4, -0.2) is 35.0 Å². The molecule has 0 atom stereocenters. The highest BCUT2D eigenvalue weighted by Gasteiger charge is 2.16. The van der Waals surface area contributed by atoms with Crippen molar-refractivity contribution in [3.63, 3.8) is 0 Å². The van der Waals surface area contributed by atoms with E-state index in [4.69, 9.17) is 4.74 Å². The molecule has 0 bridgehead atoms. The number of nitrogens with zero attached hydrogens (tertiary/aromatic N) is 2. The van der Waals surface area contributed by atoms with Gasteiger partial charge in [-0.1, -0.05) is 30.3 Å². The topological polar surface area (TPSA) is 51.5 Å². The molecule has 5 heteroatoms. The van der Waals surface area contributed by atoms with Crippen LogP contribution in [0.15, 0.2) is 42.5 Å². The van der Waals surface area contributed by atoms with E-state index < -0.39 is 5.97 Å². The van der Waals surface area contributed by atoms with E-state index in [1.165, 1.54) is 0 Å². The van der Waals surface area contributed by atoms with Crippen molar-refractivity contribution >= 4 is 11.9 Å². The SMILES string of the molecule is Cc1ccc(C(=O)OCC(=O)N(C)Cc2ccccc2)n1C. The Morgan fingerprint density at radius 1 is 1.14 bits per heavy atom. The van der Waals surface area contributed by atoms with E-state index in [0.717, 1.165) is 11.3 Å². The Hall–Kier alpha value is -2.56. The Bertz CT molecular complexity index is 662. The van der Waals surface area contributed by atoms with Crippen LogP contribution in [0, 0.1) is 6.92 Å². The lowest BCUT2D eigenvalue weighted by Crippen LogP contribution is -2.31.